The van der Waals surface area contributed by atoms with Gasteiger partial charge in [0.25, 0.3) is 5.91 Å². The normalized spacial score (nSPS) is 10.5. The molecule has 1 aromatic heterocycles. The van der Waals surface area contributed by atoms with E-state index in [1.54, 1.807) is 4.90 Å². The number of amides is 1. The maximum absolute atomic E-state index is 12.0. The minimum Gasteiger partial charge on any atom is -0.341 e. The van der Waals surface area contributed by atoms with Crippen LogP contribution >= 0.6 is 11.3 Å². The zero-order valence-corrected chi connectivity index (χ0v) is 11.1. The summed E-state index contributed by atoms with van der Waals surface area (Å²) in [5.41, 5.74) is 0.841. The summed E-state index contributed by atoms with van der Waals surface area (Å²) in [6.07, 6.45) is 0.968. The molecule has 1 heterocycles. The maximum Gasteiger partial charge on any atom is 0.265 e. The fourth-order valence-corrected chi connectivity index (χ4v) is 2.41. The second-order valence-corrected chi connectivity index (χ2v) is 5.03. The van der Waals surface area contributed by atoms with Gasteiger partial charge in [0.2, 0.25) is 0 Å². The van der Waals surface area contributed by atoms with Crippen molar-refractivity contribution in [1.82, 2.24) is 15.2 Å². The number of nitrogens with one attached hydrogen (secondary N) is 1. The number of nitrogens with zero attached hydrogens (tertiary/aromatic N) is 2. The summed E-state index contributed by atoms with van der Waals surface area (Å²) in [6, 6.07) is 0. The van der Waals surface area contributed by atoms with Crippen molar-refractivity contribution in [3.05, 3.63) is 15.6 Å². The Morgan fingerprint density at radius 2 is 2.19 bits per heavy atom. The van der Waals surface area contributed by atoms with Crippen molar-refractivity contribution in [1.29, 1.82) is 0 Å². The minimum atomic E-state index is 0.0826. The largest absolute Gasteiger partial charge is 0.341 e. The molecule has 1 N–H and O–H groups in total. The summed E-state index contributed by atoms with van der Waals surface area (Å²) in [7, 11) is 3.75. The molecule has 0 aliphatic carbocycles. The average molecular weight is 241 g/mol. The molecule has 0 fully saturated rings. The SMILES string of the molecule is CNCCCN(C)C(=O)c1sc(C)nc1C. The Bertz CT molecular complexity index is 362. The van der Waals surface area contributed by atoms with Gasteiger partial charge in [0, 0.05) is 13.6 Å². The van der Waals surface area contributed by atoms with Gasteiger partial charge < -0.3 is 10.2 Å². The summed E-state index contributed by atoms with van der Waals surface area (Å²) in [4.78, 5) is 18.8. The van der Waals surface area contributed by atoms with Gasteiger partial charge in [0.05, 0.1) is 10.7 Å². The van der Waals surface area contributed by atoms with Gasteiger partial charge in [-0.05, 0) is 33.9 Å². The Labute approximate surface area is 101 Å². The number of carbonyl (C=O) groups is 1. The number of rotatable bonds is 5. The fourth-order valence-electron chi connectivity index (χ4n) is 1.50. The van der Waals surface area contributed by atoms with Crippen LogP contribution in [0.25, 0.3) is 0 Å². The van der Waals surface area contributed by atoms with E-state index >= 15 is 0 Å². The molecule has 0 saturated heterocycles. The van der Waals surface area contributed by atoms with Crippen molar-refractivity contribution in [2.45, 2.75) is 20.3 Å². The number of hydrogen-bond acceptors (Lipinski definition) is 4. The second kappa shape index (κ2) is 5.96. The van der Waals surface area contributed by atoms with Crippen LogP contribution in [-0.4, -0.2) is 43.0 Å². The first-order valence-corrected chi connectivity index (χ1v) is 6.22. The lowest BCUT2D eigenvalue weighted by Gasteiger charge is -2.16. The lowest BCUT2D eigenvalue weighted by atomic mass is 10.3. The second-order valence-electron chi connectivity index (χ2n) is 3.83. The van der Waals surface area contributed by atoms with Crippen molar-refractivity contribution in [2.24, 2.45) is 0 Å². The van der Waals surface area contributed by atoms with E-state index in [0.717, 1.165) is 35.1 Å². The van der Waals surface area contributed by atoms with Crippen molar-refractivity contribution < 1.29 is 4.79 Å². The van der Waals surface area contributed by atoms with E-state index in [1.807, 2.05) is 27.9 Å². The Balaban J connectivity index is 2.60. The molecular weight excluding hydrogens is 222 g/mol. The molecule has 0 aliphatic rings. The maximum atomic E-state index is 12.0. The molecule has 0 saturated carbocycles. The number of carbonyl (C=O) groups excluding carboxylic acids is 1. The highest BCUT2D eigenvalue weighted by atomic mass is 32.1. The molecule has 1 aromatic rings. The minimum absolute atomic E-state index is 0.0826. The third kappa shape index (κ3) is 3.28. The third-order valence-electron chi connectivity index (χ3n) is 2.36. The Hall–Kier alpha value is -0.940. The molecular formula is C11H19N3OS. The quantitative estimate of drug-likeness (QED) is 0.793. The van der Waals surface area contributed by atoms with Crippen LogP contribution in [0.4, 0.5) is 0 Å². The first kappa shape index (κ1) is 13.1. The Morgan fingerprint density at radius 1 is 1.50 bits per heavy atom. The van der Waals surface area contributed by atoms with Gasteiger partial charge in [-0.15, -0.1) is 11.3 Å². The summed E-state index contributed by atoms with van der Waals surface area (Å²) >= 11 is 1.47. The van der Waals surface area contributed by atoms with Crippen molar-refractivity contribution >= 4 is 17.2 Å². The van der Waals surface area contributed by atoms with Gasteiger partial charge in [-0.2, -0.15) is 0 Å². The van der Waals surface area contributed by atoms with Gasteiger partial charge in [0.15, 0.2) is 0 Å². The lowest BCUT2D eigenvalue weighted by Crippen LogP contribution is -2.29. The topological polar surface area (TPSA) is 45.2 Å². The van der Waals surface area contributed by atoms with E-state index in [2.05, 4.69) is 10.3 Å². The van der Waals surface area contributed by atoms with E-state index in [-0.39, 0.29) is 5.91 Å². The zero-order valence-electron chi connectivity index (χ0n) is 10.3. The van der Waals surface area contributed by atoms with Gasteiger partial charge >= 0.3 is 0 Å². The molecule has 0 aliphatic heterocycles. The highest BCUT2D eigenvalue weighted by Gasteiger charge is 2.17. The van der Waals surface area contributed by atoms with E-state index in [9.17, 15) is 4.79 Å². The Kier molecular flexibility index (Phi) is 4.89. The fraction of sp³-hybridized carbons (Fsp3) is 0.636. The van der Waals surface area contributed by atoms with Crippen LogP contribution in [0.2, 0.25) is 0 Å². The number of aromatic nitrogens is 1. The average Bonchev–Trinajstić information content (AvgIpc) is 2.57. The van der Waals surface area contributed by atoms with Crippen LogP contribution in [-0.2, 0) is 0 Å². The molecule has 1 rings (SSSR count). The lowest BCUT2D eigenvalue weighted by molar-refractivity contribution is 0.0797. The van der Waals surface area contributed by atoms with E-state index in [1.165, 1.54) is 11.3 Å². The van der Waals surface area contributed by atoms with Gasteiger partial charge in [-0.1, -0.05) is 0 Å². The molecule has 0 atom stereocenters. The monoisotopic (exact) mass is 241 g/mol. The highest BCUT2D eigenvalue weighted by Crippen LogP contribution is 2.18. The number of hydrogen-bond donors (Lipinski definition) is 1. The van der Waals surface area contributed by atoms with Crippen LogP contribution in [0.5, 0.6) is 0 Å². The summed E-state index contributed by atoms with van der Waals surface area (Å²) in [6.45, 7) is 5.52. The van der Waals surface area contributed by atoms with Crippen molar-refractivity contribution in [3.8, 4) is 0 Å². The summed E-state index contributed by atoms with van der Waals surface area (Å²) in [5.74, 6) is 0.0826. The first-order chi connectivity index (χ1) is 7.56. The van der Waals surface area contributed by atoms with E-state index in [4.69, 9.17) is 0 Å². The van der Waals surface area contributed by atoms with Crippen molar-refractivity contribution in [2.75, 3.05) is 27.2 Å². The molecule has 0 bridgehead atoms. The van der Waals surface area contributed by atoms with Crippen LogP contribution in [0.15, 0.2) is 0 Å². The molecule has 0 radical (unpaired) electrons. The standard InChI is InChI=1S/C11H19N3OS/c1-8-10(16-9(2)13-8)11(15)14(4)7-5-6-12-3/h12H,5-7H2,1-4H3. The van der Waals surface area contributed by atoms with Crippen LogP contribution in [0, 0.1) is 13.8 Å². The van der Waals surface area contributed by atoms with Crippen LogP contribution < -0.4 is 5.32 Å². The summed E-state index contributed by atoms with van der Waals surface area (Å²) in [5, 5.41) is 4.02. The molecule has 1 amide bonds. The highest BCUT2D eigenvalue weighted by molar-refractivity contribution is 7.13. The predicted molar refractivity (Wildman–Crippen MR) is 67.1 cm³/mol. The summed E-state index contributed by atoms with van der Waals surface area (Å²) < 4.78 is 0. The first-order valence-electron chi connectivity index (χ1n) is 5.40. The number of thiazole rings is 1. The number of aryl methyl sites for hydroxylation is 2. The van der Waals surface area contributed by atoms with Crippen LogP contribution in [0.1, 0.15) is 26.8 Å². The molecule has 0 spiro atoms. The van der Waals surface area contributed by atoms with Gasteiger partial charge in [0.1, 0.15) is 4.88 Å². The third-order valence-corrected chi connectivity index (χ3v) is 3.43. The van der Waals surface area contributed by atoms with Crippen LogP contribution in [0.3, 0.4) is 0 Å². The molecule has 90 valence electrons. The van der Waals surface area contributed by atoms with Gasteiger partial charge in [-0.3, -0.25) is 4.79 Å². The Morgan fingerprint density at radius 3 is 2.69 bits per heavy atom. The molecule has 4 nitrogen and oxygen atoms in total. The van der Waals surface area contributed by atoms with Gasteiger partial charge in [-0.25, -0.2) is 4.98 Å². The van der Waals surface area contributed by atoms with Crippen molar-refractivity contribution in [3.63, 3.8) is 0 Å². The smallest absolute Gasteiger partial charge is 0.265 e. The molecule has 5 heteroatoms. The molecule has 16 heavy (non-hydrogen) atoms. The molecule has 0 aromatic carbocycles. The van der Waals surface area contributed by atoms with E-state index < -0.39 is 0 Å². The molecule has 0 unspecified atom stereocenters. The zero-order chi connectivity index (χ0) is 12.1. The van der Waals surface area contributed by atoms with E-state index in [0.29, 0.717) is 0 Å². The predicted octanol–water partition coefficient (Wildman–Crippen LogP) is 1.44.